The summed E-state index contributed by atoms with van der Waals surface area (Å²) in [5.74, 6) is -0.602. The summed E-state index contributed by atoms with van der Waals surface area (Å²) in [4.78, 5) is 32.6. The van der Waals surface area contributed by atoms with Crippen LogP contribution in [0, 0.1) is 0 Å². The van der Waals surface area contributed by atoms with Gasteiger partial charge in [-0.25, -0.2) is 9.50 Å². The highest BCUT2D eigenvalue weighted by Crippen LogP contribution is 2.12. The molecule has 2 rings (SSSR count). The maximum Gasteiger partial charge on any atom is 0.303 e. The first-order chi connectivity index (χ1) is 10.0. The lowest BCUT2D eigenvalue weighted by molar-refractivity contribution is -0.137. The number of carboxylic acids is 1. The van der Waals surface area contributed by atoms with Crippen LogP contribution in [0.5, 0.6) is 0 Å². The number of carbonyl (C=O) groups is 2. The van der Waals surface area contributed by atoms with Crippen LogP contribution in [-0.4, -0.2) is 55.1 Å². The molecule has 1 N–H and O–H groups in total. The molecule has 0 radical (unpaired) electrons. The summed E-state index contributed by atoms with van der Waals surface area (Å²) in [5.41, 5.74) is 1.21. The Morgan fingerprint density at radius 3 is 2.81 bits per heavy atom. The normalized spacial score (nSPS) is 10.8. The fraction of sp³-hybridized carbons (Fsp3) is 0.462. The van der Waals surface area contributed by atoms with Crippen LogP contribution in [0.2, 0.25) is 0 Å². The number of aryl methyl sites for hydroxylation is 1. The molecule has 0 atom stereocenters. The molecule has 0 saturated carbocycles. The van der Waals surface area contributed by atoms with Crippen molar-refractivity contribution in [3.8, 4) is 0 Å². The van der Waals surface area contributed by atoms with Crippen LogP contribution < -0.4 is 0 Å². The van der Waals surface area contributed by atoms with Crippen LogP contribution in [0.25, 0.3) is 5.78 Å². The second kappa shape index (κ2) is 6.29. The van der Waals surface area contributed by atoms with E-state index in [4.69, 9.17) is 5.11 Å². The van der Waals surface area contributed by atoms with Crippen molar-refractivity contribution in [2.75, 3.05) is 13.6 Å². The molecule has 2 aromatic rings. The standard InChI is InChI=1S/C13H17N5O3/c1-3-10-9(7-14-13-15-8-16-18(10)13)12(21)17(2)6-4-5-11(19)20/h7-8H,3-6H2,1-2H3,(H,19,20). The Balaban J connectivity index is 2.20. The van der Waals surface area contributed by atoms with Crippen LogP contribution in [0.1, 0.15) is 35.8 Å². The lowest BCUT2D eigenvalue weighted by atomic mass is 10.1. The molecule has 8 nitrogen and oxygen atoms in total. The fourth-order valence-electron chi connectivity index (χ4n) is 2.12. The summed E-state index contributed by atoms with van der Waals surface area (Å²) in [7, 11) is 1.65. The molecule has 1 amide bonds. The van der Waals surface area contributed by atoms with Crippen LogP contribution >= 0.6 is 0 Å². The minimum Gasteiger partial charge on any atom is -0.481 e. The number of amides is 1. The smallest absolute Gasteiger partial charge is 0.303 e. The predicted octanol–water partition coefficient (Wildman–Crippen LogP) is 0.623. The summed E-state index contributed by atoms with van der Waals surface area (Å²) >= 11 is 0. The van der Waals surface area contributed by atoms with Gasteiger partial charge < -0.3 is 10.0 Å². The number of carboxylic acid groups (broad SMARTS) is 1. The third-order valence-electron chi connectivity index (χ3n) is 3.20. The van der Waals surface area contributed by atoms with E-state index in [1.54, 1.807) is 11.6 Å². The molecule has 112 valence electrons. The topological polar surface area (TPSA) is 101 Å². The molecule has 2 heterocycles. The summed E-state index contributed by atoms with van der Waals surface area (Å²) in [6, 6.07) is 0. The minimum atomic E-state index is -0.865. The van der Waals surface area contributed by atoms with Crippen molar-refractivity contribution < 1.29 is 14.7 Å². The van der Waals surface area contributed by atoms with E-state index in [-0.39, 0.29) is 12.3 Å². The first kappa shape index (κ1) is 14.9. The third-order valence-corrected chi connectivity index (χ3v) is 3.20. The molecule has 0 aliphatic heterocycles. The summed E-state index contributed by atoms with van der Waals surface area (Å²) in [5, 5.41) is 12.7. The average molecular weight is 291 g/mol. The lowest BCUT2D eigenvalue weighted by Crippen LogP contribution is -2.29. The van der Waals surface area contributed by atoms with E-state index < -0.39 is 5.97 Å². The molecule has 0 unspecified atom stereocenters. The zero-order valence-electron chi connectivity index (χ0n) is 12.0. The Morgan fingerprint density at radius 2 is 2.14 bits per heavy atom. The quantitative estimate of drug-likeness (QED) is 0.837. The molecule has 8 heteroatoms. The van der Waals surface area contributed by atoms with Gasteiger partial charge in [-0.2, -0.15) is 10.1 Å². The van der Waals surface area contributed by atoms with Gasteiger partial charge >= 0.3 is 5.97 Å². The van der Waals surface area contributed by atoms with Gasteiger partial charge in [-0.3, -0.25) is 9.59 Å². The summed E-state index contributed by atoms with van der Waals surface area (Å²) in [6.07, 6.45) is 3.97. The van der Waals surface area contributed by atoms with Crippen LogP contribution in [-0.2, 0) is 11.2 Å². The van der Waals surface area contributed by atoms with Gasteiger partial charge in [0.1, 0.15) is 6.33 Å². The van der Waals surface area contributed by atoms with E-state index in [1.165, 1.54) is 17.4 Å². The molecule has 0 aliphatic carbocycles. The Labute approximate surface area is 121 Å². The number of aromatic nitrogens is 4. The van der Waals surface area contributed by atoms with Crippen molar-refractivity contribution in [2.45, 2.75) is 26.2 Å². The highest BCUT2D eigenvalue weighted by Gasteiger charge is 2.18. The SMILES string of the molecule is CCc1c(C(=O)N(C)CCCC(=O)O)cnc2ncnn12. The number of rotatable bonds is 6. The van der Waals surface area contributed by atoms with Gasteiger partial charge in [0, 0.05) is 26.2 Å². The van der Waals surface area contributed by atoms with Gasteiger partial charge in [0.2, 0.25) is 0 Å². The Kier molecular flexibility index (Phi) is 4.46. The number of fused-ring (bicyclic) bond motifs is 1. The van der Waals surface area contributed by atoms with Crippen molar-refractivity contribution >= 4 is 17.7 Å². The van der Waals surface area contributed by atoms with Gasteiger partial charge in [-0.05, 0) is 12.8 Å². The van der Waals surface area contributed by atoms with Crippen molar-refractivity contribution in [3.05, 3.63) is 23.8 Å². The van der Waals surface area contributed by atoms with Crippen molar-refractivity contribution in [1.29, 1.82) is 0 Å². The Bertz CT molecular complexity index is 667. The molecular formula is C13H17N5O3. The Hall–Kier alpha value is -2.51. The van der Waals surface area contributed by atoms with E-state index in [9.17, 15) is 9.59 Å². The highest BCUT2D eigenvalue weighted by atomic mass is 16.4. The van der Waals surface area contributed by atoms with E-state index in [2.05, 4.69) is 15.1 Å². The number of hydrogen-bond donors (Lipinski definition) is 1. The molecule has 21 heavy (non-hydrogen) atoms. The van der Waals surface area contributed by atoms with E-state index in [0.29, 0.717) is 30.7 Å². The maximum absolute atomic E-state index is 12.4. The molecular weight excluding hydrogens is 274 g/mol. The predicted molar refractivity (Wildman–Crippen MR) is 74.0 cm³/mol. The van der Waals surface area contributed by atoms with Gasteiger partial charge in [0.05, 0.1) is 11.3 Å². The van der Waals surface area contributed by atoms with Crippen LogP contribution in [0.4, 0.5) is 0 Å². The monoisotopic (exact) mass is 291 g/mol. The molecule has 0 spiro atoms. The van der Waals surface area contributed by atoms with Crippen molar-refractivity contribution in [3.63, 3.8) is 0 Å². The summed E-state index contributed by atoms with van der Waals surface area (Å²) in [6.45, 7) is 2.31. The van der Waals surface area contributed by atoms with Gasteiger partial charge in [0.15, 0.2) is 0 Å². The maximum atomic E-state index is 12.4. The fourth-order valence-corrected chi connectivity index (χ4v) is 2.12. The first-order valence-electron chi connectivity index (χ1n) is 6.69. The molecule has 2 aromatic heterocycles. The molecule has 0 saturated heterocycles. The molecule has 0 bridgehead atoms. The van der Waals surface area contributed by atoms with E-state index in [1.807, 2.05) is 6.92 Å². The second-order valence-electron chi connectivity index (χ2n) is 4.67. The zero-order chi connectivity index (χ0) is 15.4. The number of hydrogen-bond acceptors (Lipinski definition) is 5. The van der Waals surface area contributed by atoms with Crippen molar-refractivity contribution in [1.82, 2.24) is 24.5 Å². The third kappa shape index (κ3) is 3.15. The van der Waals surface area contributed by atoms with Gasteiger partial charge in [-0.15, -0.1) is 0 Å². The highest BCUT2D eigenvalue weighted by molar-refractivity contribution is 5.95. The van der Waals surface area contributed by atoms with Gasteiger partial charge in [-0.1, -0.05) is 6.92 Å². The summed E-state index contributed by atoms with van der Waals surface area (Å²) < 4.78 is 1.55. The molecule has 0 aliphatic rings. The first-order valence-corrected chi connectivity index (χ1v) is 6.69. The molecule has 0 aromatic carbocycles. The largest absolute Gasteiger partial charge is 0.481 e. The molecule has 0 fully saturated rings. The van der Waals surface area contributed by atoms with Crippen LogP contribution in [0.3, 0.4) is 0 Å². The van der Waals surface area contributed by atoms with Crippen LogP contribution in [0.15, 0.2) is 12.5 Å². The average Bonchev–Trinajstić information content (AvgIpc) is 2.93. The second-order valence-corrected chi connectivity index (χ2v) is 4.67. The Morgan fingerprint density at radius 1 is 1.38 bits per heavy atom. The van der Waals surface area contributed by atoms with Gasteiger partial charge in [0.25, 0.3) is 11.7 Å². The van der Waals surface area contributed by atoms with E-state index >= 15 is 0 Å². The van der Waals surface area contributed by atoms with E-state index in [0.717, 1.165) is 5.69 Å². The lowest BCUT2D eigenvalue weighted by Gasteiger charge is -2.18. The number of aliphatic carboxylic acids is 1. The zero-order valence-corrected chi connectivity index (χ0v) is 12.0. The minimum absolute atomic E-state index is 0.0403. The number of nitrogens with zero attached hydrogens (tertiary/aromatic N) is 5. The number of carbonyl (C=O) groups excluding carboxylic acids is 1. The van der Waals surface area contributed by atoms with Crippen molar-refractivity contribution in [2.24, 2.45) is 0 Å².